The topological polar surface area (TPSA) is 32.8 Å². The molecule has 0 amide bonds. The third-order valence-electron chi connectivity index (χ3n) is 8.57. The Morgan fingerprint density at radius 1 is 0.889 bits per heavy atom. The monoisotopic (exact) mass is 502 g/mol. The predicted octanol–water partition coefficient (Wildman–Crippen LogP) is 7.79. The number of hydrogen-bond donors (Lipinski definition) is 1. The molecular formula is C30H34F4O2. The zero-order valence-corrected chi connectivity index (χ0v) is 20.7. The Bertz CT molecular complexity index is 1130. The van der Waals surface area contributed by atoms with Crippen molar-refractivity contribution in [3.63, 3.8) is 0 Å². The van der Waals surface area contributed by atoms with Crippen molar-refractivity contribution in [3.05, 3.63) is 75.9 Å². The number of aliphatic hydroxyl groups excluding tert-OH is 1. The summed E-state index contributed by atoms with van der Waals surface area (Å²) in [5, 5.41) is 9.76. The van der Waals surface area contributed by atoms with Gasteiger partial charge in [-0.2, -0.15) is 0 Å². The fraction of sp³-hybridized carbons (Fsp3) is 0.533. The van der Waals surface area contributed by atoms with E-state index in [0.29, 0.717) is 54.0 Å². The second kappa shape index (κ2) is 10.7. The van der Waals surface area contributed by atoms with E-state index < -0.39 is 29.4 Å². The maximum atomic E-state index is 14.9. The molecular weight excluding hydrogens is 468 g/mol. The average molecular weight is 503 g/mol. The molecule has 1 saturated carbocycles. The zero-order chi connectivity index (χ0) is 25.4. The first-order valence-electron chi connectivity index (χ1n) is 13.3. The molecule has 2 nitrogen and oxygen atoms in total. The highest BCUT2D eigenvalue weighted by molar-refractivity contribution is 5.67. The van der Waals surface area contributed by atoms with Crippen LogP contribution in [-0.4, -0.2) is 17.8 Å². The number of allylic oxidation sites excluding steroid dienone is 2. The molecule has 3 atom stereocenters. The van der Waals surface area contributed by atoms with Crippen molar-refractivity contribution in [2.24, 2.45) is 11.8 Å². The van der Waals surface area contributed by atoms with Crippen LogP contribution in [0.25, 0.3) is 5.57 Å². The van der Waals surface area contributed by atoms with Crippen LogP contribution >= 0.6 is 0 Å². The number of ether oxygens (including phenoxy) is 1. The normalized spacial score (nSPS) is 27.0. The van der Waals surface area contributed by atoms with Gasteiger partial charge in [-0.15, -0.1) is 0 Å². The van der Waals surface area contributed by atoms with E-state index in [1.54, 1.807) is 31.2 Å². The van der Waals surface area contributed by atoms with E-state index in [1.165, 1.54) is 0 Å². The quantitative estimate of drug-likeness (QED) is 0.310. The van der Waals surface area contributed by atoms with Gasteiger partial charge in [0.25, 0.3) is 0 Å². The fourth-order valence-corrected chi connectivity index (χ4v) is 6.06. The minimum Gasteiger partial charge on any atom is -0.393 e. The Morgan fingerprint density at radius 2 is 1.58 bits per heavy atom. The second-order valence-electron chi connectivity index (χ2n) is 10.9. The summed E-state index contributed by atoms with van der Waals surface area (Å²) < 4.78 is 64.0. The molecule has 5 rings (SSSR count). The molecule has 3 aliphatic rings. The van der Waals surface area contributed by atoms with Gasteiger partial charge in [-0.25, -0.2) is 17.6 Å². The second-order valence-corrected chi connectivity index (χ2v) is 10.9. The van der Waals surface area contributed by atoms with Crippen molar-refractivity contribution in [1.82, 2.24) is 0 Å². The number of benzene rings is 2. The van der Waals surface area contributed by atoms with Crippen molar-refractivity contribution >= 4 is 5.57 Å². The maximum Gasteiger partial charge on any atom is 0.166 e. The van der Waals surface area contributed by atoms with Crippen molar-refractivity contribution in [2.45, 2.75) is 82.8 Å². The lowest BCUT2D eigenvalue weighted by atomic mass is 9.76. The van der Waals surface area contributed by atoms with Gasteiger partial charge in [-0.3, -0.25) is 0 Å². The Morgan fingerprint density at radius 3 is 2.22 bits per heavy atom. The largest absolute Gasteiger partial charge is 0.393 e. The Balaban J connectivity index is 1.17. The molecule has 0 spiro atoms. The van der Waals surface area contributed by atoms with E-state index in [4.69, 9.17) is 4.74 Å². The minimum absolute atomic E-state index is 0.0180. The van der Waals surface area contributed by atoms with Crippen molar-refractivity contribution in [1.29, 1.82) is 0 Å². The zero-order valence-electron chi connectivity index (χ0n) is 20.7. The summed E-state index contributed by atoms with van der Waals surface area (Å²) in [5.74, 6) is -2.58. The van der Waals surface area contributed by atoms with Crippen molar-refractivity contribution < 1.29 is 27.4 Å². The van der Waals surface area contributed by atoms with Crippen LogP contribution in [0.1, 0.15) is 92.6 Å². The van der Waals surface area contributed by atoms with Crippen LogP contribution in [0.4, 0.5) is 17.6 Å². The molecule has 6 heteroatoms. The van der Waals surface area contributed by atoms with E-state index >= 15 is 0 Å². The average Bonchev–Trinajstić information content (AvgIpc) is 3.72. The van der Waals surface area contributed by atoms with Crippen LogP contribution in [0.15, 0.2) is 30.3 Å². The third-order valence-corrected chi connectivity index (χ3v) is 8.57. The van der Waals surface area contributed by atoms with Gasteiger partial charge in [0.05, 0.1) is 12.7 Å². The maximum absolute atomic E-state index is 14.9. The molecule has 1 N–H and O–H groups in total. The highest BCUT2D eigenvalue weighted by Crippen LogP contribution is 2.41. The molecule has 1 aliphatic heterocycles. The van der Waals surface area contributed by atoms with Crippen molar-refractivity contribution in [2.75, 3.05) is 6.61 Å². The van der Waals surface area contributed by atoms with Crippen LogP contribution < -0.4 is 0 Å². The SMILES string of the molecule is CC(O)C1CC=C(c2ccc(CCC3CCC(c4ccc(C5CO5)c(F)c4F)CC3)c(F)c2F)CC1. The molecule has 2 aliphatic carbocycles. The lowest BCUT2D eigenvalue weighted by Crippen LogP contribution is -2.18. The van der Waals surface area contributed by atoms with Gasteiger partial charge in [-0.1, -0.05) is 30.3 Å². The summed E-state index contributed by atoms with van der Waals surface area (Å²) in [7, 11) is 0. The van der Waals surface area contributed by atoms with Gasteiger partial charge in [0, 0.05) is 11.1 Å². The smallest absolute Gasteiger partial charge is 0.166 e. The van der Waals surface area contributed by atoms with E-state index in [1.807, 2.05) is 6.08 Å². The predicted molar refractivity (Wildman–Crippen MR) is 131 cm³/mol. The van der Waals surface area contributed by atoms with Crippen LogP contribution in [0, 0.1) is 35.1 Å². The minimum atomic E-state index is -0.787. The molecule has 0 radical (unpaired) electrons. The first kappa shape index (κ1) is 25.5. The molecule has 2 aromatic rings. The molecule has 2 aromatic carbocycles. The van der Waals surface area contributed by atoms with Gasteiger partial charge < -0.3 is 9.84 Å². The summed E-state index contributed by atoms with van der Waals surface area (Å²) in [6.45, 7) is 2.21. The van der Waals surface area contributed by atoms with E-state index in [-0.39, 0.29) is 17.9 Å². The van der Waals surface area contributed by atoms with Gasteiger partial charge in [0.1, 0.15) is 6.10 Å². The van der Waals surface area contributed by atoms with Gasteiger partial charge in [-0.05, 0) is 99.2 Å². The van der Waals surface area contributed by atoms with Crippen molar-refractivity contribution in [3.8, 4) is 0 Å². The number of hydrogen-bond acceptors (Lipinski definition) is 2. The van der Waals surface area contributed by atoms with E-state index in [2.05, 4.69) is 0 Å². The first-order chi connectivity index (χ1) is 17.3. The Kier molecular flexibility index (Phi) is 7.55. The van der Waals surface area contributed by atoms with Crippen LogP contribution in [0.5, 0.6) is 0 Å². The molecule has 194 valence electrons. The molecule has 0 aromatic heterocycles. The summed E-state index contributed by atoms with van der Waals surface area (Å²) in [4.78, 5) is 0. The van der Waals surface area contributed by atoms with E-state index in [0.717, 1.165) is 44.1 Å². The molecule has 1 saturated heterocycles. The first-order valence-corrected chi connectivity index (χ1v) is 13.3. The van der Waals surface area contributed by atoms with E-state index in [9.17, 15) is 22.7 Å². The molecule has 3 unspecified atom stereocenters. The molecule has 36 heavy (non-hydrogen) atoms. The Labute approximate surface area is 210 Å². The Hall–Kier alpha value is -2.18. The summed E-state index contributed by atoms with van der Waals surface area (Å²) >= 11 is 0. The number of halogens is 4. The van der Waals surface area contributed by atoms with Crippen LogP contribution in [0.2, 0.25) is 0 Å². The molecule has 0 bridgehead atoms. The highest BCUT2D eigenvalue weighted by atomic mass is 19.2. The van der Waals surface area contributed by atoms with Crippen LogP contribution in [-0.2, 0) is 11.2 Å². The van der Waals surface area contributed by atoms with Gasteiger partial charge in [0.2, 0.25) is 0 Å². The summed E-state index contributed by atoms with van der Waals surface area (Å²) in [6, 6.07) is 6.73. The van der Waals surface area contributed by atoms with Gasteiger partial charge >= 0.3 is 0 Å². The lowest BCUT2D eigenvalue weighted by molar-refractivity contribution is 0.120. The standard InChI is InChI=1S/C30H34F4O2/c1-17(35)19-8-10-21(11-9-19)23-13-12-22(27(31)28(23)32)7-4-18-2-5-20(6-3-18)24-14-15-25(26-16-36-26)30(34)29(24)33/h10,12-15,17-20,26,35H,2-9,11,16H2,1H3. The van der Waals surface area contributed by atoms with Crippen LogP contribution in [0.3, 0.4) is 0 Å². The molecule has 2 fully saturated rings. The number of aryl methyl sites for hydroxylation is 1. The number of epoxide rings is 1. The van der Waals surface area contributed by atoms with Gasteiger partial charge in [0.15, 0.2) is 23.3 Å². The number of rotatable bonds is 7. The third kappa shape index (κ3) is 5.26. The fourth-order valence-electron chi connectivity index (χ4n) is 6.06. The highest BCUT2D eigenvalue weighted by Gasteiger charge is 2.32. The number of aliphatic hydroxyl groups is 1. The lowest BCUT2D eigenvalue weighted by Gasteiger charge is -2.29. The summed E-state index contributed by atoms with van der Waals surface area (Å²) in [6.07, 6.45) is 7.74. The summed E-state index contributed by atoms with van der Waals surface area (Å²) in [5.41, 5.74) is 2.27. The molecule has 1 heterocycles.